The second-order valence-electron chi connectivity index (χ2n) is 6.19. The van der Waals surface area contributed by atoms with Crippen LogP contribution in [0.25, 0.3) is 10.9 Å². The summed E-state index contributed by atoms with van der Waals surface area (Å²) in [5.41, 5.74) is -1.11. The summed E-state index contributed by atoms with van der Waals surface area (Å²) >= 11 is 0. The van der Waals surface area contributed by atoms with Crippen LogP contribution in [0.15, 0.2) is 23.0 Å². The second kappa shape index (κ2) is 7.07. The Labute approximate surface area is 137 Å². The number of carbonyl (C=O) groups excluding carboxylic acids is 1. The van der Waals surface area contributed by atoms with Crippen molar-refractivity contribution in [2.45, 2.75) is 38.3 Å². The lowest BCUT2D eigenvalue weighted by Crippen LogP contribution is -2.37. The standard InChI is InChI=1S/C17H19F2N3O2/c18-12-8-4-7-11-14(12)21-22-15(16(11)23)17(24)20-9-13(19)10-5-2-1-3-6-10/h4,7-8,10,13H,1-3,5-6,9H2,(H,20,24)(H,21,23). The maximum absolute atomic E-state index is 14.2. The molecule has 1 fully saturated rings. The molecule has 24 heavy (non-hydrogen) atoms. The molecule has 5 nitrogen and oxygen atoms in total. The van der Waals surface area contributed by atoms with Crippen LogP contribution in [0.5, 0.6) is 0 Å². The van der Waals surface area contributed by atoms with Crippen LogP contribution in [0, 0.1) is 11.7 Å². The maximum atomic E-state index is 14.2. The molecule has 0 spiro atoms. The number of amides is 1. The van der Waals surface area contributed by atoms with Crippen molar-refractivity contribution in [2.75, 3.05) is 6.54 Å². The first kappa shape index (κ1) is 16.5. The van der Waals surface area contributed by atoms with Crippen LogP contribution in [0.2, 0.25) is 0 Å². The summed E-state index contributed by atoms with van der Waals surface area (Å²) in [6.45, 7) is -0.147. The highest BCUT2D eigenvalue weighted by molar-refractivity contribution is 5.95. The van der Waals surface area contributed by atoms with Gasteiger partial charge in [0.15, 0.2) is 5.69 Å². The molecule has 1 saturated carbocycles. The molecule has 1 heterocycles. The van der Waals surface area contributed by atoms with Gasteiger partial charge in [0.1, 0.15) is 17.5 Å². The van der Waals surface area contributed by atoms with Crippen LogP contribution in [0.3, 0.4) is 0 Å². The zero-order valence-electron chi connectivity index (χ0n) is 13.1. The third-order valence-corrected chi connectivity index (χ3v) is 4.59. The first-order chi connectivity index (χ1) is 11.6. The number of carbonyl (C=O) groups is 1. The lowest BCUT2D eigenvalue weighted by atomic mass is 9.86. The van der Waals surface area contributed by atoms with Crippen LogP contribution < -0.4 is 10.7 Å². The molecule has 1 amide bonds. The molecular weight excluding hydrogens is 316 g/mol. The van der Waals surface area contributed by atoms with Gasteiger partial charge in [0.25, 0.3) is 5.91 Å². The van der Waals surface area contributed by atoms with E-state index in [-0.39, 0.29) is 29.1 Å². The van der Waals surface area contributed by atoms with Gasteiger partial charge < -0.3 is 5.32 Å². The number of hydrogen-bond acceptors (Lipinski definition) is 3. The minimum Gasteiger partial charge on any atom is -0.348 e. The smallest absolute Gasteiger partial charge is 0.275 e. The second-order valence-corrected chi connectivity index (χ2v) is 6.19. The number of para-hydroxylation sites is 1. The van der Waals surface area contributed by atoms with Crippen molar-refractivity contribution in [3.63, 3.8) is 0 Å². The summed E-state index contributed by atoms with van der Waals surface area (Å²) in [5.74, 6) is -1.41. The number of hydrogen-bond donors (Lipinski definition) is 2. The van der Waals surface area contributed by atoms with Crippen molar-refractivity contribution >= 4 is 16.8 Å². The van der Waals surface area contributed by atoms with E-state index in [9.17, 15) is 18.4 Å². The molecule has 7 heteroatoms. The molecule has 1 aliphatic carbocycles. The molecule has 1 atom stereocenters. The first-order valence-electron chi connectivity index (χ1n) is 8.17. The van der Waals surface area contributed by atoms with E-state index in [0.29, 0.717) is 0 Å². The van der Waals surface area contributed by atoms with Gasteiger partial charge in [-0.25, -0.2) is 8.78 Å². The molecular formula is C17H19F2N3O2. The van der Waals surface area contributed by atoms with E-state index in [2.05, 4.69) is 15.5 Å². The number of benzene rings is 1. The Hall–Kier alpha value is -2.31. The number of rotatable bonds is 4. The normalized spacial score (nSPS) is 16.9. The Morgan fingerprint density at radius 3 is 2.83 bits per heavy atom. The van der Waals surface area contributed by atoms with E-state index in [0.717, 1.165) is 32.1 Å². The minimum atomic E-state index is -1.13. The Bertz CT molecular complexity index is 800. The van der Waals surface area contributed by atoms with Gasteiger partial charge in [-0.3, -0.25) is 14.7 Å². The van der Waals surface area contributed by atoms with Gasteiger partial charge in [0.05, 0.1) is 5.39 Å². The van der Waals surface area contributed by atoms with Crippen molar-refractivity contribution in [3.8, 4) is 0 Å². The fourth-order valence-corrected chi connectivity index (χ4v) is 3.21. The summed E-state index contributed by atoms with van der Waals surface area (Å²) in [6.07, 6.45) is 3.66. The fraction of sp³-hybridized carbons (Fsp3) is 0.471. The monoisotopic (exact) mass is 335 g/mol. The van der Waals surface area contributed by atoms with Gasteiger partial charge in [-0.15, -0.1) is 0 Å². The average Bonchev–Trinajstić information content (AvgIpc) is 2.61. The quantitative estimate of drug-likeness (QED) is 0.902. The van der Waals surface area contributed by atoms with E-state index in [1.54, 1.807) is 0 Å². The highest BCUT2D eigenvalue weighted by Crippen LogP contribution is 2.27. The van der Waals surface area contributed by atoms with Crippen LogP contribution >= 0.6 is 0 Å². The van der Waals surface area contributed by atoms with E-state index >= 15 is 0 Å². The van der Waals surface area contributed by atoms with Crippen LogP contribution in [0.4, 0.5) is 8.78 Å². The van der Waals surface area contributed by atoms with Crippen molar-refractivity contribution in [2.24, 2.45) is 5.92 Å². The van der Waals surface area contributed by atoms with Crippen molar-refractivity contribution in [3.05, 3.63) is 39.9 Å². The largest absolute Gasteiger partial charge is 0.348 e. The van der Waals surface area contributed by atoms with E-state index < -0.39 is 23.3 Å². The topological polar surface area (TPSA) is 74.8 Å². The van der Waals surface area contributed by atoms with Crippen LogP contribution in [-0.4, -0.2) is 28.8 Å². The molecule has 0 radical (unpaired) electrons. The molecule has 2 aromatic rings. The molecule has 128 valence electrons. The Morgan fingerprint density at radius 1 is 1.33 bits per heavy atom. The molecule has 3 rings (SSSR count). The Kier molecular flexibility index (Phi) is 4.87. The third kappa shape index (κ3) is 3.29. The number of H-pyrrole nitrogens is 1. The van der Waals surface area contributed by atoms with E-state index in [1.165, 1.54) is 18.2 Å². The van der Waals surface area contributed by atoms with E-state index in [4.69, 9.17) is 0 Å². The minimum absolute atomic E-state index is 0.0410. The summed E-state index contributed by atoms with van der Waals surface area (Å²) in [5, 5.41) is 8.49. The first-order valence-corrected chi connectivity index (χ1v) is 8.17. The number of alkyl halides is 1. The number of halogens is 2. The summed E-state index contributed by atoms with van der Waals surface area (Å²) in [4.78, 5) is 24.4. The van der Waals surface area contributed by atoms with Crippen LogP contribution in [-0.2, 0) is 0 Å². The molecule has 0 aliphatic heterocycles. The molecule has 1 aliphatic rings. The highest BCUT2D eigenvalue weighted by Gasteiger charge is 2.24. The van der Waals surface area contributed by atoms with Gasteiger partial charge >= 0.3 is 0 Å². The van der Waals surface area contributed by atoms with Crippen molar-refractivity contribution in [1.82, 2.24) is 15.5 Å². The van der Waals surface area contributed by atoms with Gasteiger partial charge in [0.2, 0.25) is 5.43 Å². The molecule has 1 aromatic heterocycles. The molecule has 0 saturated heterocycles. The Morgan fingerprint density at radius 2 is 2.08 bits per heavy atom. The molecule has 1 aromatic carbocycles. The number of fused-ring (bicyclic) bond motifs is 1. The summed E-state index contributed by atoms with van der Waals surface area (Å²) < 4.78 is 27.8. The number of aromatic amines is 1. The maximum Gasteiger partial charge on any atom is 0.275 e. The van der Waals surface area contributed by atoms with Crippen molar-refractivity contribution < 1.29 is 13.6 Å². The molecule has 2 N–H and O–H groups in total. The zero-order valence-corrected chi connectivity index (χ0v) is 13.1. The summed E-state index contributed by atoms with van der Waals surface area (Å²) in [7, 11) is 0. The lowest BCUT2D eigenvalue weighted by Gasteiger charge is -2.24. The van der Waals surface area contributed by atoms with Gasteiger partial charge in [0, 0.05) is 6.54 Å². The number of aromatic nitrogens is 2. The molecule has 0 bridgehead atoms. The van der Waals surface area contributed by atoms with Crippen LogP contribution in [0.1, 0.15) is 42.6 Å². The summed E-state index contributed by atoms with van der Waals surface area (Å²) in [6, 6.07) is 3.99. The lowest BCUT2D eigenvalue weighted by molar-refractivity contribution is 0.0915. The zero-order chi connectivity index (χ0) is 17.1. The average molecular weight is 335 g/mol. The fourth-order valence-electron chi connectivity index (χ4n) is 3.21. The molecule has 1 unspecified atom stereocenters. The van der Waals surface area contributed by atoms with E-state index in [1.807, 2.05) is 0 Å². The predicted molar refractivity (Wildman–Crippen MR) is 86.1 cm³/mol. The van der Waals surface area contributed by atoms with Gasteiger partial charge in [-0.05, 0) is 30.9 Å². The SMILES string of the molecule is O=C(NCC(F)C1CCCCC1)c1n[nH]c2c(F)cccc2c1=O. The number of nitrogens with zero attached hydrogens (tertiary/aromatic N) is 1. The Balaban J connectivity index is 1.72. The van der Waals surface area contributed by atoms with Crippen molar-refractivity contribution in [1.29, 1.82) is 0 Å². The number of nitrogens with one attached hydrogen (secondary N) is 2. The van der Waals surface area contributed by atoms with Gasteiger partial charge in [-0.1, -0.05) is 25.3 Å². The third-order valence-electron chi connectivity index (χ3n) is 4.59. The predicted octanol–water partition coefficient (Wildman–Crippen LogP) is 2.71. The highest BCUT2D eigenvalue weighted by atomic mass is 19.1. The van der Waals surface area contributed by atoms with Gasteiger partial charge in [-0.2, -0.15) is 5.10 Å².